The summed E-state index contributed by atoms with van der Waals surface area (Å²) in [6.45, 7) is 2.97. The summed E-state index contributed by atoms with van der Waals surface area (Å²) in [4.78, 5) is 0. The molecule has 0 heterocycles. The highest BCUT2D eigenvalue weighted by atomic mass is 19.3. The second-order valence-corrected chi connectivity index (χ2v) is 3.63. The molecule has 0 radical (unpaired) electrons. The summed E-state index contributed by atoms with van der Waals surface area (Å²) < 4.78 is 25.8. The van der Waals surface area contributed by atoms with Gasteiger partial charge in [0.1, 0.15) is 0 Å². The third-order valence-corrected chi connectivity index (χ3v) is 2.54. The predicted octanol–water partition coefficient (Wildman–Crippen LogP) is 2.49. The van der Waals surface area contributed by atoms with E-state index in [1.807, 2.05) is 6.08 Å². The van der Waals surface area contributed by atoms with Crippen molar-refractivity contribution in [3.63, 3.8) is 0 Å². The molecule has 1 aliphatic carbocycles. The number of nitrogens with two attached hydrogens (primary N) is 1. The lowest BCUT2D eigenvalue weighted by atomic mass is 9.93. The minimum Gasteiger partial charge on any atom is -0.327 e. The first-order chi connectivity index (χ1) is 5.95. The Morgan fingerprint density at radius 1 is 1.54 bits per heavy atom. The summed E-state index contributed by atoms with van der Waals surface area (Å²) in [5.41, 5.74) is 7.23. The zero-order chi connectivity index (χ0) is 10.1. The molecule has 0 saturated heterocycles. The normalized spacial score (nSPS) is 19.8. The predicted molar refractivity (Wildman–Crippen MR) is 49.6 cm³/mol. The molecule has 0 bridgehead atoms. The third kappa shape index (κ3) is 2.37. The highest BCUT2D eigenvalue weighted by Gasteiger charge is 2.33. The average molecular weight is 187 g/mol. The maximum atomic E-state index is 12.9. The minimum atomic E-state index is -2.64. The van der Waals surface area contributed by atoms with Crippen molar-refractivity contribution in [2.45, 2.75) is 26.2 Å². The molecule has 13 heavy (non-hydrogen) atoms. The largest absolute Gasteiger partial charge is 0.327 e. The van der Waals surface area contributed by atoms with Crippen LogP contribution in [0.5, 0.6) is 0 Å². The number of hydrogen-bond acceptors (Lipinski definition) is 1. The number of rotatable bonds is 3. The molecule has 0 saturated carbocycles. The molecular weight excluding hydrogens is 172 g/mol. The molecule has 1 rings (SSSR count). The third-order valence-electron chi connectivity index (χ3n) is 2.54. The Morgan fingerprint density at radius 3 is 2.54 bits per heavy atom. The lowest BCUT2D eigenvalue weighted by Gasteiger charge is -2.20. The molecule has 0 amide bonds. The molecule has 0 aromatic rings. The van der Waals surface area contributed by atoms with Crippen LogP contribution in [0.1, 0.15) is 20.3 Å². The monoisotopic (exact) mass is 187 g/mol. The van der Waals surface area contributed by atoms with Crippen LogP contribution >= 0.6 is 0 Å². The number of halogens is 2. The Hall–Kier alpha value is -0.700. The molecular formula is C10H15F2N. The van der Waals surface area contributed by atoms with Gasteiger partial charge in [0.2, 0.25) is 0 Å². The fourth-order valence-corrected chi connectivity index (χ4v) is 1.37. The highest BCUT2D eigenvalue weighted by molar-refractivity contribution is 5.33. The van der Waals surface area contributed by atoms with Crippen LogP contribution in [0.25, 0.3) is 0 Å². The Morgan fingerprint density at radius 2 is 2.15 bits per heavy atom. The van der Waals surface area contributed by atoms with E-state index in [-0.39, 0.29) is 0 Å². The van der Waals surface area contributed by atoms with Crippen LogP contribution in [-0.2, 0) is 0 Å². The van der Waals surface area contributed by atoms with Gasteiger partial charge in [0.15, 0.2) is 0 Å². The van der Waals surface area contributed by atoms with Crippen molar-refractivity contribution in [3.8, 4) is 0 Å². The molecule has 0 aliphatic heterocycles. The quantitative estimate of drug-likeness (QED) is 0.721. The van der Waals surface area contributed by atoms with Crippen molar-refractivity contribution in [2.24, 2.45) is 11.7 Å². The summed E-state index contributed by atoms with van der Waals surface area (Å²) in [5.74, 6) is -3.32. The fourth-order valence-electron chi connectivity index (χ4n) is 1.37. The van der Waals surface area contributed by atoms with Crippen molar-refractivity contribution >= 4 is 0 Å². The number of alkyl halides is 2. The van der Waals surface area contributed by atoms with Crippen LogP contribution in [0.15, 0.2) is 23.3 Å². The van der Waals surface area contributed by atoms with Crippen molar-refractivity contribution in [3.05, 3.63) is 23.3 Å². The van der Waals surface area contributed by atoms with Crippen molar-refractivity contribution in [1.82, 2.24) is 0 Å². The van der Waals surface area contributed by atoms with Crippen LogP contribution in [0.3, 0.4) is 0 Å². The second-order valence-electron chi connectivity index (χ2n) is 3.63. The lowest BCUT2D eigenvalue weighted by Crippen LogP contribution is -2.23. The molecule has 0 unspecified atom stereocenters. The Labute approximate surface area is 77.3 Å². The molecule has 1 atom stereocenters. The summed E-state index contributed by atoms with van der Waals surface area (Å²) >= 11 is 0. The molecule has 1 nitrogen and oxygen atoms in total. The fraction of sp³-hybridized carbons (Fsp3) is 0.600. The molecule has 1 aliphatic rings. The van der Waals surface area contributed by atoms with Gasteiger partial charge >= 0.3 is 0 Å². The average Bonchev–Trinajstić information content (AvgIpc) is 2.48. The molecule has 0 aromatic heterocycles. The zero-order valence-corrected chi connectivity index (χ0v) is 7.98. The number of allylic oxidation sites excluding steroid dienone is 3. The molecule has 0 spiro atoms. The van der Waals surface area contributed by atoms with Crippen LogP contribution in [0.2, 0.25) is 0 Å². The first-order valence-corrected chi connectivity index (χ1v) is 4.41. The number of hydrogen-bond donors (Lipinski definition) is 1. The topological polar surface area (TPSA) is 26.0 Å². The van der Waals surface area contributed by atoms with Crippen LogP contribution < -0.4 is 5.73 Å². The molecule has 2 N–H and O–H groups in total. The van der Waals surface area contributed by atoms with Gasteiger partial charge in [0.05, 0.1) is 0 Å². The smallest absolute Gasteiger partial charge is 0.251 e. The van der Waals surface area contributed by atoms with Gasteiger partial charge in [0, 0.05) is 12.5 Å². The van der Waals surface area contributed by atoms with Crippen molar-refractivity contribution in [2.75, 3.05) is 6.54 Å². The van der Waals surface area contributed by atoms with E-state index in [4.69, 9.17) is 5.73 Å². The van der Waals surface area contributed by atoms with Gasteiger partial charge in [-0.1, -0.05) is 30.2 Å². The van der Waals surface area contributed by atoms with E-state index >= 15 is 0 Å². The summed E-state index contributed by atoms with van der Waals surface area (Å²) in [7, 11) is 0. The maximum Gasteiger partial charge on any atom is 0.251 e. The van der Waals surface area contributed by atoms with Gasteiger partial charge in [-0.2, -0.15) is 0 Å². The van der Waals surface area contributed by atoms with E-state index in [0.29, 0.717) is 13.0 Å². The van der Waals surface area contributed by atoms with E-state index in [1.165, 1.54) is 0 Å². The van der Waals surface area contributed by atoms with Crippen LogP contribution in [0, 0.1) is 5.92 Å². The lowest BCUT2D eigenvalue weighted by molar-refractivity contribution is -0.0188. The van der Waals surface area contributed by atoms with E-state index in [9.17, 15) is 8.78 Å². The van der Waals surface area contributed by atoms with Crippen LogP contribution in [0.4, 0.5) is 8.78 Å². The first kappa shape index (κ1) is 10.4. The van der Waals surface area contributed by atoms with Crippen LogP contribution in [-0.4, -0.2) is 12.5 Å². The van der Waals surface area contributed by atoms with Crippen molar-refractivity contribution < 1.29 is 8.78 Å². The van der Waals surface area contributed by atoms with Gasteiger partial charge in [-0.05, 0) is 13.3 Å². The SMILES string of the molecule is C[C@@H](C1=CC=C(CN)C1)C(C)(F)F. The van der Waals surface area contributed by atoms with E-state index in [2.05, 4.69) is 0 Å². The first-order valence-electron chi connectivity index (χ1n) is 4.41. The summed E-state index contributed by atoms with van der Waals surface area (Å²) in [6.07, 6.45) is 4.23. The molecule has 3 heteroatoms. The highest BCUT2D eigenvalue weighted by Crippen LogP contribution is 2.34. The standard InChI is InChI=1S/C10H15F2N/c1-7(10(2,11)12)9-4-3-8(5-9)6-13/h3-4,7H,5-6,13H2,1-2H3/t7-/m0/s1. The van der Waals surface area contributed by atoms with E-state index in [0.717, 1.165) is 18.1 Å². The molecule has 0 fully saturated rings. The van der Waals surface area contributed by atoms with E-state index < -0.39 is 11.8 Å². The van der Waals surface area contributed by atoms with Gasteiger partial charge < -0.3 is 5.73 Å². The van der Waals surface area contributed by atoms with Gasteiger partial charge in [-0.15, -0.1) is 0 Å². The van der Waals surface area contributed by atoms with Gasteiger partial charge in [0.25, 0.3) is 5.92 Å². The Kier molecular flexibility index (Phi) is 2.86. The van der Waals surface area contributed by atoms with Crippen molar-refractivity contribution in [1.29, 1.82) is 0 Å². The maximum absolute atomic E-state index is 12.9. The molecule has 0 aromatic carbocycles. The second kappa shape index (κ2) is 3.58. The summed E-state index contributed by atoms with van der Waals surface area (Å²) in [6, 6.07) is 0. The summed E-state index contributed by atoms with van der Waals surface area (Å²) in [5, 5.41) is 0. The Balaban J connectivity index is 2.60. The van der Waals surface area contributed by atoms with E-state index in [1.54, 1.807) is 13.0 Å². The van der Waals surface area contributed by atoms with Gasteiger partial charge in [-0.3, -0.25) is 0 Å². The zero-order valence-electron chi connectivity index (χ0n) is 7.98. The molecule has 74 valence electrons. The minimum absolute atomic E-state index is 0.460. The van der Waals surface area contributed by atoms with Gasteiger partial charge in [-0.25, -0.2) is 8.78 Å². The Bertz CT molecular complexity index is 248.